The van der Waals surface area contributed by atoms with Crippen LogP contribution in [0.5, 0.6) is 17.2 Å². The molecule has 3 rings (SSSR count). The molecule has 1 aliphatic heterocycles. The van der Waals surface area contributed by atoms with Crippen LogP contribution in [0.25, 0.3) is 0 Å². The van der Waals surface area contributed by atoms with E-state index < -0.39 is 0 Å². The molecule has 0 bridgehead atoms. The van der Waals surface area contributed by atoms with Gasteiger partial charge in [-0.1, -0.05) is 12.1 Å². The van der Waals surface area contributed by atoms with E-state index in [9.17, 15) is 0 Å². The fraction of sp³-hybridized carbons (Fsp3) is 0.381. The van der Waals surface area contributed by atoms with Crippen molar-refractivity contribution < 1.29 is 14.2 Å². The smallest absolute Gasteiger partial charge is 0.173 e. The zero-order chi connectivity index (χ0) is 19.9. The predicted molar refractivity (Wildman–Crippen MR) is 117 cm³/mol. The van der Waals surface area contributed by atoms with Gasteiger partial charge in [-0.15, -0.1) is 0 Å². The molecule has 1 N–H and O–H groups in total. The van der Waals surface area contributed by atoms with E-state index >= 15 is 0 Å². The van der Waals surface area contributed by atoms with Crippen molar-refractivity contribution in [3.63, 3.8) is 0 Å². The van der Waals surface area contributed by atoms with Gasteiger partial charge in [0, 0.05) is 32.2 Å². The second-order valence-electron chi connectivity index (χ2n) is 6.37. The van der Waals surface area contributed by atoms with Gasteiger partial charge < -0.3 is 29.3 Å². The summed E-state index contributed by atoms with van der Waals surface area (Å²) in [7, 11) is 3.29. The second-order valence-corrected chi connectivity index (χ2v) is 6.76. The highest BCUT2D eigenvalue weighted by molar-refractivity contribution is 7.80. The van der Waals surface area contributed by atoms with E-state index in [-0.39, 0.29) is 0 Å². The molecule has 28 heavy (non-hydrogen) atoms. The largest absolute Gasteiger partial charge is 0.497 e. The normalized spacial score (nSPS) is 13.8. The fourth-order valence-corrected chi connectivity index (χ4v) is 3.54. The first-order valence-electron chi connectivity index (χ1n) is 9.41. The Bertz CT molecular complexity index is 807. The Balaban J connectivity index is 1.63. The van der Waals surface area contributed by atoms with E-state index in [0.29, 0.717) is 11.7 Å². The number of thiocarbonyl (C=S) groups is 1. The Morgan fingerprint density at radius 2 is 1.75 bits per heavy atom. The Labute approximate surface area is 172 Å². The average molecular weight is 402 g/mol. The summed E-state index contributed by atoms with van der Waals surface area (Å²) in [6.07, 6.45) is 0. The van der Waals surface area contributed by atoms with Crippen LogP contribution in [0, 0.1) is 0 Å². The summed E-state index contributed by atoms with van der Waals surface area (Å²) < 4.78 is 16.5. The van der Waals surface area contributed by atoms with Gasteiger partial charge in [-0.05, 0) is 43.4 Å². The lowest BCUT2D eigenvalue weighted by Gasteiger charge is -2.38. The molecule has 0 aromatic heterocycles. The van der Waals surface area contributed by atoms with Crippen LogP contribution in [0.4, 0.5) is 11.4 Å². The number of ether oxygens (including phenoxy) is 3. The third-order valence-corrected chi connectivity index (χ3v) is 5.08. The Morgan fingerprint density at radius 1 is 1.00 bits per heavy atom. The zero-order valence-electron chi connectivity index (χ0n) is 16.6. The van der Waals surface area contributed by atoms with Crippen molar-refractivity contribution in [3.05, 3.63) is 42.5 Å². The molecule has 1 aliphatic rings. The second kappa shape index (κ2) is 9.50. The van der Waals surface area contributed by atoms with E-state index in [2.05, 4.69) is 21.2 Å². The highest BCUT2D eigenvalue weighted by atomic mass is 32.1. The summed E-state index contributed by atoms with van der Waals surface area (Å²) in [4.78, 5) is 4.52. The molecule has 0 radical (unpaired) electrons. The summed E-state index contributed by atoms with van der Waals surface area (Å²) in [5.41, 5.74) is 1.94. The molecule has 0 saturated carbocycles. The van der Waals surface area contributed by atoms with Crippen molar-refractivity contribution in [2.75, 3.05) is 57.2 Å². The number of rotatable bonds is 6. The van der Waals surface area contributed by atoms with Gasteiger partial charge in [0.1, 0.15) is 17.2 Å². The summed E-state index contributed by atoms with van der Waals surface area (Å²) >= 11 is 5.64. The third-order valence-electron chi connectivity index (χ3n) is 4.72. The minimum atomic E-state index is 0.660. The lowest BCUT2D eigenvalue weighted by molar-refractivity contribution is 0.336. The summed E-state index contributed by atoms with van der Waals surface area (Å²) in [5.74, 6) is 2.41. The quantitative estimate of drug-likeness (QED) is 0.742. The maximum Gasteiger partial charge on any atom is 0.173 e. The molecule has 0 atom stereocenters. The van der Waals surface area contributed by atoms with Gasteiger partial charge in [-0.25, -0.2) is 0 Å². The van der Waals surface area contributed by atoms with Gasteiger partial charge in [-0.2, -0.15) is 0 Å². The van der Waals surface area contributed by atoms with Crippen LogP contribution < -0.4 is 24.4 Å². The molecule has 0 unspecified atom stereocenters. The summed E-state index contributed by atoms with van der Waals surface area (Å²) in [6, 6.07) is 13.8. The van der Waals surface area contributed by atoms with Crippen LogP contribution in [-0.4, -0.2) is 57.0 Å². The van der Waals surface area contributed by atoms with Crippen LogP contribution in [0.3, 0.4) is 0 Å². The van der Waals surface area contributed by atoms with Gasteiger partial charge in [0.15, 0.2) is 5.11 Å². The van der Waals surface area contributed by atoms with Crippen LogP contribution in [0.1, 0.15) is 6.92 Å². The molecule has 0 spiro atoms. The van der Waals surface area contributed by atoms with Gasteiger partial charge in [-0.3, -0.25) is 0 Å². The van der Waals surface area contributed by atoms with Crippen molar-refractivity contribution in [2.45, 2.75) is 6.92 Å². The number of piperazine rings is 1. The number of hydrogen-bond acceptors (Lipinski definition) is 5. The standard InChI is InChI=1S/C21H27N3O3S/c1-4-27-20-8-6-5-7-18(20)23-11-13-24(14-12-23)21(28)22-17-15-16(25-2)9-10-19(17)26-3/h5-10,15H,4,11-14H2,1-3H3,(H,22,28). The van der Waals surface area contributed by atoms with Crippen molar-refractivity contribution in [3.8, 4) is 17.2 Å². The molecule has 0 amide bonds. The average Bonchev–Trinajstić information content (AvgIpc) is 2.74. The van der Waals surface area contributed by atoms with Crippen LogP contribution in [0.15, 0.2) is 42.5 Å². The molecular weight excluding hydrogens is 374 g/mol. The number of nitrogens with one attached hydrogen (secondary N) is 1. The monoisotopic (exact) mass is 401 g/mol. The molecule has 2 aromatic carbocycles. The number of methoxy groups -OCH3 is 2. The number of para-hydroxylation sites is 2. The molecular formula is C21H27N3O3S. The zero-order valence-corrected chi connectivity index (χ0v) is 17.4. The number of anilines is 2. The maximum atomic E-state index is 5.77. The molecule has 1 heterocycles. The summed E-state index contributed by atoms with van der Waals surface area (Å²) in [6.45, 7) is 6.08. The van der Waals surface area contributed by atoms with Crippen LogP contribution in [-0.2, 0) is 0 Å². The van der Waals surface area contributed by atoms with Gasteiger partial charge in [0.25, 0.3) is 0 Å². The van der Waals surface area contributed by atoms with Gasteiger partial charge in [0.05, 0.1) is 32.2 Å². The topological polar surface area (TPSA) is 46.2 Å². The van der Waals surface area contributed by atoms with E-state index in [1.807, 2.05) is 43.3 Å². The van der Waals surface area contributed by atoms with Crippen molar-refractivity contribution in [1.29, 1.82) is 0 Å². The van der Waals surface area contributed by atoms with E-state index in [0.717, 1.165) is 54.8 Å². The molecule has 0 aliphatic carbocycles. The van der Waals surface area contributed by atoms with E-state index in [1.165, 1.54) is 0 Å². The minimum absolute atomic E-state index is 0.660. The van der Waals surface area contributed by atoms with Gasteiger partial charge in [0.2, 0.25) is 0 Å². The SMILES string of the molecule is CCOc1ccccc1N1CCN(C(=S)Nc2cc(OC)ccc2OC)CC1. The first-order valence-corrected chi connectivity index (χ1v) is 9.81. The molecule has 1 fully saturated rings. The number of hydrogen-bond donors (Lipinski definition) is 1. The Hall–Kier alpha value is -2.67. The Morgan fingerprint density at radius 3 is 2.43 bits per heavy atom. The van der Waals surface area contributed by atoms with Crippen molar-refractivity contribution >= 4 is 28.7 Å². The predicted octanol–water partition coefficient (Wildman–Crippen LogP) is 3.62. The third kappa shape index (κ3) is 4.59. The first kappa shape index (κ1) is 20.1. The van der Waals surface area contributed by atoms with Crippen LogP contribution in [0.2, 0.25) is 0 Å². The molecule has 150 valence electrons. The fourth-order valence-electron chi connectivity index (χ4n) is 3.25. The Kier molecular flexibility index (Phi) is 6.81. The molecule has 7 heteroatoms. The number of nitrogens with zero attached hydrogens (tertiary/aromatic N) is 2. The number of benzene rings is 2. The first-order chi connectivity index (χ1) is 13.7. The van der Waals surface area contributed by atoms with Crippen LogP contribution >= 0.6 is 12.2 Å². The lowest BCUT2D eigenvalue weighted by Crippen LogP contribution is -2.50. The molecule has 6 nitrogen and oxygen atoms in total. The van der Waals surface area contributed by atoms with Gasteiger partial charge >= 0.3 is 0 Å². The molecule has 2 aromatic rings. The minimum Gasteiger partial charge on any atom is -0.497 e. The van der Waals surface area contributed by atoms with Crippen molar-refractivity contribution in [1.82, 2.24) is 4.90 Å². The van der Waals surface area contributed by atoms with E-state index in [1.54, 1.807) is 14.2 Å². The van der Waals surface area contributed by atoms with Crippen molar-refractivity contribution in [2.24, 2.45) is 0 Å². The lowest BCUT2D eigenvalue weighted by atomic mass is 10.2. The van der Waals surface area contributed by atoms with E-state index in [4.69, 9.17) is 26.4 Å². The highest BCUT2D eigenvalue weighted by Gasteiger charge is 2.22. The highest BCUT2D eigenvalue weighted by Crippen LogP contribution is 2.30. The molecule has 1 saturated heterocycles. The summed E-state index contributed by atoms with van der Waals surface area (Å²) in [5, 5.41) is 3.99. The maximum absolute atomic E-state index is 5.77.